The van der Waals surface area contributed by atoms with E-state index < -0.39 is 0 Å². The Balaban J connectivity index is 1.43. The van der Waals surface area contributed by atoms with Crippen LogP contribution in [0.4, 0.5) is 11.4 Å². The van der Waals surface area contributed by atoms with Gasteiger partial charge >= 0.3 is 0 Å². The Morgan fingerprint density at radius 1 is 0.862 bits per heavy atom. The standard InChI is InChI=1S/C24H22N4O/c1-17(18-8-4-2-5-9-18)26-20-12-14-21(15-13-20)27-24(29)22-16-25-28-23(22)19-10-6-3-7-11-19/h2-17,26H,1H3,(H,25,28)(H,27,29). The van der Waals surface area contributed by atoms with Crippen molar-refractivity contribution in [2.24, 2.45) is 0 Å². The summed E-state index contributed by atoms with van der Waals surface area (Å²) >= 11 is 0. The number of hydrogen-bond acceptors (Lipinski definition) is 3. The van der Waals surface area contributed by atoms with Crippen LogP contribution in [0.25, 0.3) is 11.3 Å². The van der Waals surface area contributed by atoms with Crippen LogP contribution in [-0.2, 0) is 0 Å². The molecule has 1 aromatic heterocycles. The SMILES string of the molecule is CC(Nc1ccc(NC(=O)c2cn[nH]c2-c2ccccc2)cc1)c1ccccc1. The normalized spacial score (nSPS) is 11.6. The van der Waals surface area contributed by atoms with Crippen LogP contribution < -0.4 is 10.6 Å². The average molecular weight is 382 g/mol. The van der Waals surface area contributed by atoms with E-state index in [4.69, 9.17) is 0 Å². The summed E-state index contributed by atoms with van der Waals surface area (Å²) in [5.41, 5.74) is 5.08. The topological polar surface area (TPSA) is 69.8 Å². The molecule has 0 bridgehead atoms. The molecule has 5 heteroatoms. The van der Waals surface area contributed by atoms with Gasteiger partial charge in [-0.2, -0.15) is 5.10 Å². The molecule has 144 valence electrons. The highest BCUT2D eigenvalue weighted by Crippen LogP contribution is 2.23. The molecule has 0 fully saturated rings. The third kappa shape index (κ3) is 4.35. The summed E-state index contributed by atoms with van der Waals surface area (Å²) in [6.07, 6.45) is 1.55. The van der Waals surface area contributed by atoms with Crippen molar-refractivity contribution in [3.8, 4) is 11.3 Å². The number of aromatic amines is 1. The summed E-state index contributed by atoms with van der Waals surface area (Å²) in [5, 5.41) is 13.4. The number of H-pyrrole nitrogens is 1. The Hall–Kier alpha value is -3.86. The first-order chi connectivity index (χ1) is 14.2. The van der Waals surface area contributed by atoms with Gasteiger partial charge in [-0.1, -0.05) is 60.7 Å². The highest BCUT2D eigenvalue weighted by molar-refractivity contribution is 6.08. The zero-order chi connectivity index (χ0) is 20.1. The summed E-state index contributed by atoms with van der Waals surface area (Å²) in [6.45, 7) is 2.12. The van der Waals surface area contributed by atoms with Crippen LogP contribution in [-0.4, -0.2) is 16.1 Å². The van der Waals surface area contributed by atoms with E-state index in [2.05, 4.69) is 39.9 Å². The number of benzene rings is 3. The van der Waals surface area contributed by atoms with Gasteiger partial charge in [-0.05, 0) is 36.8 Å². The maximum Gasteiger partial charge on any atom is 0.259 e. The summed E-state index contributed by atoms with van der Waals surface area (Å²) in [7, 11) is 0. The van der Waals surface area contributed by atoms with Gasteiger partial charge in [0, 0.05) is 23.0 Å². The van der Waals surface area contributed by atoms with Gasteiger partial charge in [0.1, 0.15) is 0 Å². The number of amides is 1. The molecule has 0 spiro atoms. The zero-order valence-electron chi connectivity index (χ0n) is 16.1. The molecule has 3 N–H and O–H groups in total. The molecular formula is C24H22N4O. The second kappa shape index (κ2) is 8.44. The van der Waals surface area contributed by atoms with Gasteiger partial charge in [-0.3, -0.25) is 9.89 Å². The molecule has 1 heterocycles. The number of hydrogen-bond donors (Lipinski definition) is 3. The van der Waals surface area contributed by atoms with Gasteiger partial charge in [0.2, 0.25) is 0 Å². The van der Waals surface area contributed by atoms with Crippen molar-refractivity contribution < 1.29 is 4.79 Å². The lowest BCUT2D eigenvalue weighted by molar-refractivity contribution is 0.102. The molecule has 3 aromatic carbocycles. The molecule has 0 saturated heterocycles. The third-order valence-corrected chi connectivity index (χ3v) is 4.77. The largest absolute Gasteiger partial charge is 0.379 e. The van der Waals surface area contributed by atoms with Crippen LogP contribution in [0.3, 0.4) is 0 Å². The molecule has 0 aliphatic heterocycles. The van der Waals surface area contributed by atoms with E-state index >= 15 is 0 Å². The molecular weight excluding hydrogens is 360 g/mol. The summed E-state index contributed by atoms with van der Waals surface area (Å²) in [5.74, 6) is -0.198. The van der Waals surface area contributed by atoms with Gasteiger partial charge in [0.05, 0.1) is 17.5 Å². The van der Waals surface area contributed by atoms with Gasteiger partial charge in [-0.15, -0.1) is 0 Å². The molecule has 29 heavy (non-hydrogen) atoms. The van der Waals surface area contributed by atoms with E-state index in [0.29, 0.717) is 11.3 Å². The maximum absolute atomic E-state index is 12.7. The molecule has 1 unspecified atom stereocenters. The van der Waals surface area contributed by atoms with Gasteiger partial charge in [0.25, 0.3) is 5.91 Å². The van der Waals surface area contributed by atoms with Gasteiger partial charge < -0.3 is 10.6 Å². The molecule has 4 aromatic rings. The molecule has 0 radical (unpaired) electrons. The van der Waals surface area contributed by atoms with Crippen LogP contribution in [0, 0.1) is 0 Å². The number of carbonyl (C=O) groups excluding carboxylic acids is 1. The Labute approximate surface area is 169 Å². The summed E-state index contributed by atoms with van der Waals surface area (Å²) in [4.78, 5) is 12.7. The number of aromatic nitrogens is 2. The number of rotatable bonds is 6. The summed E-state index contributed by atoms with van der Waals surface area (Å²) in [6, 6.07) is 27.9. The quantitative estimate of drug-likeness (QED) is 0.412. The average Bonchev–Trinajstić information content (AvgIpc) is 3.26. The lowest BCUT2D eigenvalue weighted by Crippen LogP contribution is -2.12. The second-order valence-electron chi connectivity index (χ2n) is 6.83. The first-order valence-electron chi connectivity index (χ1n) is 9.52. The predicted octanol–water partition coefficient (Wildman–Crippen LogP) is 5.50. The Morgan fingerprint density at radius 3 is 2.17 bits per heavy atom. The number of nitrogens with zero attached hydrogens (tertiary/aromatic N) is 1. The van der Waals surface area contributed by atoms with Crippen LogP contribution in [0.5, 0.6) is 0 Å². The smallest absolute Gasteiger partial charge is 0.259 e. The summed E-state index contributed by atoms with van der Waals surface area (Å²) < 4.78 is 0. The molecule has 1 amide bonds. The van der Waals surface area contributed by atoms with Crippen molar-refractivity contribution in [2.75, 3.05) is 10.6 Å². The van der Waals surface area contributed by atoms with E-state index in [0.717, 1.165) is 16.9 Å². The van der Waals surface area contributed by atoms with Crippen molar-refractivity contribution in [3.63, 3.8) is 0 Å². The van der Waals surface area contributed by atoms with Crippen molar-refractivity contribution in [3.05, 3.63) is 102 Å². The van der Waals surface area contributed by atoms with Crippen molar-refractivity contribution in [1.82, 2.24) is 10.2 Å². The maximum atomic E-state index is 12.7. The van der Waals surface area contributed by atoms with Crippen LogP contribution in [0.1, 0.15) is 28.9 Å². The Morgan fingerprint density at radius 2 is 1.48 bits per heavy atom. The number of anilines is 2. The molecule has 0 aliphatic carbocycles. The van der Waals surface area contributed by atoms with Crippen LogP contribution in [0.2, 0.25) is 0 Å². The lowest BCUT2D eigenvalue weighted by atomic mass is 10.1. The van der Waals surface area contributed by atoms with Gasteiger partial charge in [0.15, 0.2) is 0 Å². The van der Waals surface area contributed by atoms with Crippen LogP contribution in [0.15, 0.2) is 91.1 Å². The Bertz CT molecular complexity index is 1070. The van der Waals surface area contributed by atoms with Crippen molar-refractivity contribution in [1.29, 1.82) is 0 Å². The van der Waals surface area contributed by atoms with Crippen molar-refractivity contribution in [2.45, 2.75) is 13.0 Å². The zero-order valence-corrected chi connectivity index (χ0v) is 16.1. The highest BCUT2D eigenvalue weighted by atomic mass is 16.1. The fourth-order valence-electron chi connectivity index (χ4n) is 3.21. The predicted molar refractivity (Wildman–Crippen MR) is 117 cm³/mol. The first-order valence-corrected chi connectivity index (χ1v) is 9.52. The van der Waals surface area contributed by atoms with Crippen molar-refractivity contribution >= 4 is 17.3 Å². The minimum atomic E-state index is -0.198. The molecule has 0 aliphatic rings. The van der Waals surface area contributed by atoms with E-state index in [-0.39, 0.29) is 11.9 Å². The monoisotopic (exact) mass is 382 g/mol. The Kier molecular flexibility index (Phi) is 5.38. The fourth-order valence-corrected chi connectivity index (χ4v) is 3.21. The highest BCUT2D eigenvalue weighted by Gasteiger charge is 2.15. The van der Waals surface area contributed by atoms with Gasteiger partial charge in [-0.25, -0.2) is 0 Å². The van der Waals surface area contributed by atoms with E-state index in [1.54, 1.807) is 6.20 Å². The number of nitrogens with one attached hydrogen (secondary N) is 3. The molecule has 1 atom stereocenters. The minimum Gasteiger partial charge on any atom is -0.379 e. The third-order valence-electron chi connectivity index (χ3n) is 4.77. The minimum absolute atomic E-state index is 0.191. The molecule has 5 nitrogen and oxygen atoms in total. The van der Waals surface area contributed by atoms with Crippen LogP contribution >= 0.6 is 0 Å². The fraction of sp³-hybridized carbons (Fsp3) is 0.0833. The van der Waals surface area contributed by atoms with E-state index in [1.807, 2.05) is 72.8 Å². The van der Waals surface area contributed by atoms with E-state index in [1.165, 1.54) is 5.56 Å². The number of carbonyl (C=O) groups is 1. The molecule has 4 rings (SSSR count). The van der Waals surface area contributed by atoms with E-state index in [9.17, 15) is 4.79 Å². The lowest BCUT2D eigenvalue weighted by Gasteiger charge is -2.16. The first kappa shape index (κ1) is 18.5. The second-order valence-corrected chi connectivity index (χ2v) is 6.83. The molecule has 0 saturated carbocycles.